The number of aliphatic hydroxyl groups excluding tert-OH is 1. The summed E-state index contributed by atoms with van der Waals surface area (Å²) in [5.74, 6) is -0.599. The number of carbonyl (C=O) groups excluding carboxylic acids is 1. The summed E-state index contributed by atoms with van der Waals surface area (Å²) in [5, 5.41) is 7.15. The Hall–Kier alpha value is -0.460. The van der Waals surface area contributed by atoms with Crippen LogP contribution < -0.4 is 0 Å². The molecule has 0 spiro atoms. The van der Waals surface area contributed by atoms with Crippen molar-refractivity contribution in [3.63, 3.8) is 0 Å². The van der Waals surface area contributed by atoms with Gasteiger partial charge in [0.15, 0.2) is 11.0 Å². The van der Waals surface area contributed by atoms with Crippen LogP contribution in [0.4, 0.5) is 0 Å². The third kappa shape index (κ3) is 9.44. The second kappa shape index (κ2) is 11.2. The summed E-state index contributed by atoms with van der Waals surface area (Å²) in [7, 11) is -4.47. The fourth-order valence-electron chi connectivity index (χ4n) is 2.13. The number of hydrogen-bond donors (Lipinski definition) is 2. The Balaban J connectivity index is 3.62. The number of aliphatic hydroxyl groups is 1. The van der Waals surface area contributed by atoms with Crippen LogP contribution in [0.1, 0.15) is 71.1 Å². The quantitative estimate of drug-likeness (QED) is 0.403. The zero-order valence-corrected chi connectivity index (χ0v) is 13.2. The largest absolute Gasteiger partial charge is 0.394 e. The molecule has 0 saturated carbocycles. The molecule has 0 bridgehead atoms. The summed E-state index contributed by atoms with van der Waals surface area (Å²) >= 11 is 0. The average Bonchev–Trinajstić information content (AvgIpc) is 2.36. The fourth-order valence-corrected chi connectivity index (χ4v) is 2.77. The maximum Gasteiger partial charge on any atom is 0.277 e. The number of rotatable bonds is 13. The Labute approximate surface area is 122 Å². The lowest BCUT2D eigenvalue weighted by atomic mass is 10.0. The molecule has 1 atom stereocenters. The van der Waals surface area contributed by atoms with Gasteiger partial charge in [-0.3, -0.25) is 9.35 Å². The molecule has 0 aromatic rings. The first-order chi connectivity index (χ1) is 9.43. The van der Waals surface area contributed by atoms with Gasteiger partial charge < -0.3 is 5.11 Å². The molecule has 0 aliphatic rings. The van der Waals surface area contributed by atoms with Crippen LogP contribution in [0.5, 0.6) is 0 Å². The van der Waals surface area contributed by atoms with E-state index in [-0.39, 0.29) is 6.42 Å². The lowest BCUT2D eigenvalue weighted by Gasteiger charge is -2.09. The molecule has 0 aromatic carbocycles. The van der Waals surface area contributed by atoms with Crippen LogP contribution in [0.2, 0.25) is 0 Å². The Morgan fingerprint density at radius 3 is 1.80 bits per heavy atom. The van der Waals surface area contributed by atoms with Crippen molar-refractivity contribution in [3.8, 4) is 0 Å². The van der Waals surface area contributed by atoms with Gasteiger partial charge in [-0.15, -0.1) is 0 Å². The first-order valence-electron chi connectivity index (χ1n) is 7.53. The topological polar surface area (TPSA) is 91.7 Å². The van der Waals surface area contributed by atoms with Crippen molar-refractivity contribution in [1.82, 2.24) is 0 Å². The van der Waals surface area contributed by atoms with Crippen LogP contribution >= 0.6 is 0 Å². The zero-order valence-electron chi connectivity index (χ0n) is 12.4. The Morgan fingerprint density at radius 1 is 0.950 bits per heavy atom. The summed E-state index contributed by atoms with van der Waals surface area (Å²) in [4.78, 5) is 11.5. The van der Waals surface area contributed by atoms with Crippen molar-refractivity contribution in [1.29, 1.82) is 0 Å². The number of hydrogen-bond acceptors (Lipinski definition) is 4. The Bertz CT molecular complexity index is 351. The molecule has 0 rings (SSSR count). The van der Waals surface area contributed by atoms with Crippen LogP contribution in [0, 0.1) is 0 Å². The highest BCUT2D eigenvalue weighted by Crippen LogP contribution is 2.12. The van der Waals surface area contributed by atoms with Crippen molar-refractivity contribution < 1.29 is 22.9 Å². The van der Waals surface area contributed by atoms with Gasteiger partial charge in [0.2, 0.25) is 0 Å². The smallest absolute Gasteiger partial charge is 0.277 e. The number of ketones is 1. The average molecular weight is 308 g/mol. The maximum absolute atomic E-state index is 11.5. The van der Waals surface area contributed by atoms with Gasteiger partial charge in [0.25, 0.3) is 10.1 Å². The lowest BCUT2D eigenvalue weighted by molar-refractivity contribution is -0.119. The first-order valence-corrected chi connectivity index (χ1v) is 9.03. The third-order valence-electron chi connectivity index (χ3n) is 3.41. The molecule has 0 aliphatic carbocycles. The fraction of sp³-hybridized carbons (Fsp3) is 0.929. The number of Topliss-reactive ketones (excluding diaryl/α,β-unsaturated/α-hetero) is 1. The van der Waals surface area contributed by atoms with Gasteiger partial charge >= 0.3 is 0 Å². The molecule has 20 heavy (non-hydrogen) atoms. The molecule has 0 saturated heterocycles. The Kier molecular flexibility index (Phi) is 11.0. The molecule has 1 unspecified atom stereocenters. The Morgan fingerprint density at radius 2 is 1.40 bits per heavy atom. The molecule has 0 amide bonds. The molecule has 2 N–H and O–H groups in total. The SMILES string of the molecule is CCCCCCCCCCCC(=O)C(CO)S(=O)(=O)O. The van der Waals surface area contributed by atoms with Crippen LogP contribution in [0.25, 0.3) is 0 Å². The number of carbonyl (C=O) groups is 1. The van der Waals surface area contributed by atoms with Crippen molar-refractivity contribution >= 4 is 15.9 Å². The summed E-state index contributed by atoms with van der Waals surface area (Å²) in [5.41, 5.74) is 0. The van der Waals surface area contributed by atoms with E-state index in [1.54, 1.807) is 0 Å². The second-order valence-electron chi connectivity index (χ2n) is 5.23. The van der Waals surface area contributed by atoms with E-state index in [1.807, 2.05) is 0 Å². The minimum absolute atomic E-state index is 0.0981. The monoisotopic (exact) mass is 308 g/mol. The summed E-state index contributed by atoms with van der Waals surface area (Å²) < 4.78 is 30.5. The molecule has 0 heterocycles. The highest BCUT2D eigenvalue weighted by Gasteiger charge is 2.29. The summed E-state index contributed by atoms with van der Waals surface area (Å²) in [6.45, 7) is 1.33. The van der Waals surface area contributed by atoms with Gasteiger partial charge in [-0.25, -0.2) is 0 Å². The molecule has 0 fully saturated rings. The predicted molar refractivity (Wildman–Crippen MR) is 79.3 cm³/mol. The normalized spacial score (nSPS) is 13.3. The van der Waals surface area contributed by atoms with E-state index in [9.17, 15) is 13.2 Å². The van der Waals surface area contributed by atoms with E-state index in [1.165, 1.54) is 32.1 Å². The van der Waals surface area contributed by atoms with Crippen molar-refractivity contribution in [3.05, 3.63) is 0 Å². The van der Waals surface area contributed by atoms with E-state index in [0.717, 1.165) is 19.3 Å². The molecule has 120 valence electrons. The molecule has 6 heteroatoms. The highest BCUT2D eigenvalue weighted by atomic mass is 32.2. The number of unbranched alkanes of at least 4 members (excludes halogenated alkanes) is 8. The molecule has 0 aromatic heterocycles. The molecule has 0 radical (unpaired) electrons. The van der Waals surface area contributed by atoms with Gasteiger partial charge in [-0.1, -0.05) is 58.3 Å². The maximum atomic E-state index is 11.5. The molecule has 5 nitrogen and oxygen atoms in total. The second-order valence-corrected chi connectivity index (χ2v) is 6.83. The van der Waals surface area contributed by atoms with Crippen LogP contribution in [-0.4, -0.2) is 35.7 Å². The van der Waals surface area contributed by atoms with E-state index >= 15 is 0 Å². The van der Waals surface area contributed by atoms with E-state index in [2.05, 4.69) is 6.92 Å². The van der Waals surface area contributed by atoms with Crippen LogP contribution in [0.3, 0.4) is 0 Å². The molecular formula is C14H28O5S. The van der Waals surface area contributed by atoms with Gasteiger partial charge in [-0.05, 0) is 6.42 Å². The van der Waals surface area contributed by atoms with Crippen molar-refractivity contribution in [2.24, 2.45) is 0 Å². The first kappa shape index (κ1) is 19.5. The van der Waals surface area contributed by atoms with E-state index < -0.39 is 27.8 Å². The zero-order chi connectivity index (χ0) is 15.4. The third-order valence-corrected chi connectivity index (χ3v) is 4.54. The van der Waals surface area contributed by atoms with Crippen molar-refractivity contribution in [2.45, 2.75) is 76.4 Å². The summed E-state index contributed by atoms with van der Waals surface area (Å²) in [6, 6.07) is 0. The van der Waals surface area contributed by atoms with E-state index in [4.69, 9.17) is 9.66 Å². The van der Waals surface area contributed by atoms with Gasteiger partial charge in [0, 0.05) is 6.42 Å². The highest BCUT2D eigenvalue weighted by molar-refractivity contribution is 7.87. The van der Waals surface area contributed by atoms with E-state index in [0.29, 0.717) is 6.42 Å². The van der Waals surface area contributed by atoms with Gasteiger partial charge in [-0.2, -0.15) is 8.42 Å². The van der Waals surface area contributed by atoms with Crippen LogP contribution in [-0.2, 0) is 14.9 Å². The van der Waals surface area contributed by atoms with Crippen molar-refractivity contribution in [2.75, 3.05) is 6.61 Å². The van der Waals surface area contributed by atoms with Gasteiger partial charge in [0.1, 0.15) is 0 Å². The molecular weight excluding hydrogens is 280 g/mol. The standard InChI is InChI=1S/C14H28O5S/c1-2-3-4-5-6-7-8-9-10-11-13(16)14(12-15)20(17,18)19/h14-15H,2-12H2,1H3,(H,17,18,19). The minimum Gasteiger partial charge on any atom is -0.394 e. The van der Waals surface area contributed by atoms with Gasteiger partial charge in [0.05, 0.1) is 6.61 Å². The van der Waals surface area contributed by atoms with Crippen LogP contribution in [0.15, 0.2) is 0 Å². The predicted octanol–water partition coefficient (Wildman–Crippen LogP) is 2.73. The lowest BCUT2D eigenvalue weighted by Crippen LogP contribution is -2.33. The minimum atomic E-state index is -4.47. The summed E-state index contributed by atoms with van der Waals surface area (Å²) in [6.07, 6.45) is 10.0. The molecule has 0 aliphatic heterocycles.